The first-order valence-electron chi connectivity index (χ1n) is 9.72. The molecule has 0 saturated carbocycles. The average molecular weight is 388 g/mol. The maximum absolute atomic E-state index is 12.6. The van der Waals surface area contributed by atoms with Crippen LogP contribution in [0.15, 0.2) is 55.0 Å². The lowest BCUT2D eigenvalue weighted by Crippen LogP contribution is -2.47. The molecule has 2 aromatic heterocycles. The van der Waals surface area contributed by atoms with Gasteiger partial charge < -0.3 is 15.1 Å². The summed E-state index contributed by atoms with van der Waals surface area (Å²) in [4.78, 5) is 30.1. The van der Waals surface area contributed by atoms with E-state index in [9.17, 15) is 4.79 Å². The van der Waals surface area contributed by atoms with Crippen LogP contribution < -0.4 is 15.1 Å². The van der Waals surface area contributed by atoms with Gasteiger partial charge >= 0.3 is 0 Å². The van der Waals surface area contributed by atoms with E-state index >= 15 is 0 Å². The van der Waals surface area contributed by atoms with Crippen LogP contribution in [-0.2, 0) is 0 Å². The number of hydrogen-bond acceptors (Lipinski definition) is 6. The SMILES string of the molecule is Cc1cccc(NC(=O)c2ccc(N3CCN(c4ncccn4)CC3)nc2)c1C. The van der Waals surface area contributed by atoms with Gasteiger partial charge in [-0.05, 0) is 49.2 Å². The summed E-state index contributed by atoms with van der Waals surface area (Å²) in [5, 5.41) is 2.98. The van der Waals surface area contributed by atoms with Gasteiger partial charge in [-0.1, -0.05) is 12.1 Å². The quantitative estimate of drug-likeness (QED) is 0.740. The standard InChI is InChI=1S/C22H24N6O/c1-16-5-3-6-19(17(16)2)26-21(29)18-7-8-20(25-15-18)27-11-13-28(14-12-27)22-23-9-4-10-24-22/h3-10,15H,11-14H2,1-2H3,(H,26,29). The van der Waals surface area contributed by atoms with Gasteiger partial charge in [0.15, 0.2) is 0 Å². The van der Waals surface area contributed by atoms with Gasteiger partial charge in [0.25, 0.3) is 5.91 Å². The zero-order valence-electron chi connectivity index (χ0n) is 16.7. The molecule has 0 unspecified atom stereocenters. The van der Waals surface area contributed by atoms with Crippen LogP contribution in [0.25, 0.3) is 0 Å². The minimum atomic E-state index is -0.149. The number of carbonyl (C=O) groups is 1. The number of pyridine rings is 1. The number of nitrogens with one attached hydrogen (secondary N) is 1. The third kappa shape index (κ3) is 4.18. The van der Waals surface area contributed by atoms with Crippen LogP contribution in [0.5, 0.6) is 0 Å². The van der Waals surface area contributed by atoms with Crippen LogP contribution in [0.4, 0.5) is 17.5 Å². The highest BCUT2D eigenvalue weighted by molar-refractivity contribution is 6.04. The molecule has 0 aliphatic carbocycles. The number of amides is 1. The van der Waals surface area contributed by atoms with Crippen molar-refractivity contribution in [2.45, 2.75) is 13.8 Å². The molecule has 1 aliphatic heterocycles. The molecule has 1 amide bonds. The summed E-state index contributed by atoms with van der Waals surface area (Å²) in [6, 6.07) is 11.5. The lowest BCUT2D eigenvalue weighted by Gasteiger charge is -2.35. The fourth-order valence-electron chi connectivity index (χ4n) is 3.38. The van der Waals surface area contributed by atoms with Crippen molar-refractivity contribution in [1.29, 1.82) is 0 Å². The van der Waals surface area contributed by atoms with Crippen LogP contribution >= 0.6 is 0 Å². The molecule has 0 atom stereocenters. The van der Waals surface area contributed by atoms with Crippen LogP contribution in [0, 0.1) is 13.8 Å². The first-order chi connectivity index (χ1) is 14.1. The molecule has 3 heterocycles. The Morgan fingerprint density at radius 2 is 1.62 bits per heavy atom. The van der Waals surface area contributed by atoms with Crippen molar-refractivity contribution in [3.05, 3.63) is 71.7 Å². The molecule has 4 rings (SSSR count). The molecule has 1 aliphatic rings. The second kappa shape index (κ2) is 8.26. The molecule has 7 heteroatoms. The van der Waals surface area contributed by atoms with Crippen molar-refractivity contribution >= 4 is 23.4 Å². The van der Waals surface area contributed by atoms with E-state index in [-0.39, 0.29) is 5.91 Å². The molecule has 7 nitrogen and oxygen atoms in total. The maximum Gasteiger partial charge on any atom is 0.257 e. The number of benzene rings is 1. The summed E-state index contributed by atoms with van der Waals surface area (Å²) in [7, 11) is 0. The number of rotatable bonds is 4. The van der Waals surface area contributed by atoms with Crippen molar-refractivity contribution in [3.8, 4) is 0 Å². The highest BCUT2D eigenvalue weighted by Gasteiger charge is 2.20. The number of nitrogens with zero attached hydrogens (tertiary/aromatic N) is 5. The first-order valence-corrected chi connectivity index (χ1v) is 9.72. The summed E-state index contributed by atoms with van der Waals surface area (Å²) in [5.74, 6) is 1.49. The van der Waals surface area contributed by atoms with Crippen molar-refractivity contribution in [3.63, 3.8) is 0 Å². The molecule has 0 spiro atoms. The van der Waals surface area contributed by atoms with Gasteiger partial charge in [0.05, 0.1) is 5.56 Å². The molecule has 1 fully saturated rings. The molecule has 148 valence electrons. The topological polar surface area (TPSA) is 74.2 Å². The number of aromatic nitrogens is 3. The third-order valence-electron chi connectivity index (χ3n) is 5.30. The molecular weight excluding hydrogens is 364 g/mol. The lowest BCUT2D eigenvalue weighted by atomic mass is 10.1. The maximum atomic E-state index is 12.6. The molecule has 0 bridgehead atoms. The smallest absolute Gasteiger partial charge is 0.257 e. The van der Waals surface area contributed by atoms with Crippen molar-refractivity contribution in [2.24, 2.45) is 0 Å². The number of anilines is 3. The summed E-state index contributed by atoms with van der Waals surface area (Å²) < 4.78 is 0. The van der Waals surface area contributed by atoms with E-state index in [0.717, 1.165) is 54.8 Å². The Morgan fingerprint density at radius 3 is 2.31 bits per heavy atom. The molecular formula is C22H24N6O. The van der Waals surface area contributed by atoms with E-state index in [1.165, 1.54) is 0 Å². The number of piperazine rings is 1. The summed E-state index contributed by atoms with van der Waals surface area (Å²) in [5.41, 5.74) is 3.60. The number of aryl methyl sites for hydroxylation is 1. The van der Waals surface area contributed by atoms with Crippen molar-refractivity contribution in [2.75, 3.05) is 41.3 Å². The fourth-order valence-corrected chi connectivity index (χ4v) is 3.38. The summed E-state index contributed by atoms with van der Waals surface area (Å²) in [6.07, 6.45) is 5.17. The van der Waals surface area contributed by atoms with Gasteiger partial charge in [0, 0.05) is 50.5 Å². The van der Waals surface area contributed by atoms with E-state index in [1.54, 1.807) is 18.6 Å². The second-order valence-electron chi connectivity index (χ2n) is 7.13. The minimum Gasteiger partial charge on any atom is -0.353 e. The number of carbonyl (C=O) groups excluding carboxylic acids is 1. The van der Waals surface area contributed by atoms with E-state index in [4.69, 9.17) is 0 Å². The van der Waals surface area contributed by atoms with Crippen LogP contribution in [0.2, 0.25) is 0 Å². The van der Waals surface area contributed by atoms with Crippen molar-refractivity contribution in [1.82, 2.24) is 15.0 Å². The van der Waals surface area contributed by atoms with Gasteiger partial charge in [-0.25, -0.2) is 15.0 Å². The predicted molar refractivity (Wildman–Crippen MR) is 115 cm³/mol. The Kier molecular flexibility index (Phi) is 5.37. The van der Waals surface area contributed by atoms with Gasteiger partial charge in [0.1, 0.15) is 5.82 Å². The van der Waals surface area contributed by atoms with Gasteiger partial charge in [-0.2, -0.15) is 0 Å². The predicted octanol–water partition coefficient (Wildman–Crippen LogP) is 3.07. The lowest BCUT2D eigenvalue weighted by molar-refractivity contribution is 0.102. The van der Waals surface area contributed by atoms with Gasteiger partial charge in [-0.15, -0.1) is 0 Å². The van der Waals surface area contributed by atoms with E-state index in [1.807, 2.05) is 50.2 Å². The van der Waals surface area contributed by atoms with Gasteiger partial charge in [0.2, 0.25) is 5.95 Å². The minimum absolute atomic E-state index is 0.149. The Bertz CT molecular complexity index is 982. The van der Waals surface area contributed by atoms with Crippen LogP contribution in [0.1, 0.15) is 21.5 Å². The van der Waals surface area contributed by atoms with E-state index < -0.39 is 0 Å². The van der Waals surface area contributed by atoms with E-state index in [2.05, 4.69) is 30.1 Å². The highest BCUT2D eigenvalue weighted by atomic mass is 16.1. The van der Waals surface area contributed by atoms with Crippen molar-refractivity contribution < 1.29 is 4.79 Å². The summed E-state index contributed by atoms with van der Waals surface area (Å²) >= 11 is 0. The second-order valence-corrected chi connectivity index (χ2v) is 7.13. The van der Waals surface area contributed by atoms with Crippen LogP contribution in [-0.4, -0.2) is 47.0 Å². The normalized spacial score (nSPS) is 14.0. The Labute approximate surface area is 170 Å². The van der Waals surface area contributed by atoms with E-state index in [0.29, 0.717) is 5.56 Å². The first kappa shape index (κ1) is 18.9. The fraction of sp³-hybridized carbons (Fsp3) is 0.273. The van der Waals surface area contributed by atoms with Gasteiger partial charge in [-0.3, -0.25) is 4.79 Å². The Hall–Kier alpha value is -3.48. The molecule has 29 heavy (non-hydrogen) atoms. The molecule has 1 N–H and O–H groups in total. The average Bonchev–Trinajstić information content (AvgIpc) is 2.78. The molecule has 3 aromatic rings. The Morgan fingerprint density at radius 1 is 0.897 bits per heavy atom. The largest absolute Gasteiger partial charge is 0.353 e. The highest BCUT2D eigenvalue weighted by Crippen LogP contribution is 2.20. The zero-order chi connectivity index (χ0) is 20.2. The van der Waals surface area contributed by atoms with Crippen LogP contribution in [0.3, 0.4) is 0 Å². The monoisotopic (exact) mass is 388 g/mol. The molecule has 0 radical (unpaired) electrons. The zero-order valence-corrected chi connectivity index (χ0v) is 16.7. The molecule has 1 aromatic carbocycles. The number of hydrogen-bond donors (Lipinski definition) is 1. The molecule has 1 saturated heterocycles. The third-order valence-corrected chi connectivity index (χ3v) is 5.30. The Balaban J connectivity index is 1.38. The summed E-state index contributed by atoms with van der Waals surface area (Å²) in [6.45, 7) is 7.37.